The third-order valence-electron chi connectivity index (χ3n) is 1.29. The highest BCUT2D eigenvalue weighted by Crippen LogP contribution is 2.25. The molecule has 138 valence electrons. The lowest BCUT2D eigenvalue weighted by atomic mass is 9.96. The van der Waals surface area contributed by atoms with E-state index in [4.69, 9.17) is 49.6 Å². The molecule has 0 aromatic carbocycles. The molecule has 0 aliphatic carbocycles. The molecule has 0 rings (SSSR count). The monoisotopic (exact) mass is 386 g/mol. The first-order chi connectivity index (χ1) is 9.51. The van der Waals surface area contributed by atoms with Crippen molar-refractivity contribution >= 4 is 44.1 Å². The zero-order valence-corrected chi connectivity index (χ0v) is 13.1. The topological polar surface area (TPSA) is 247 Å². The summed E-state index contributed by atoms with van der Waals surface area (Å²) in [4.78, 5) is 61.0. The maximum atomic E-state index is 10.3. The molecule has 8 N–H and O–H groups in total. The fraction of sp³-hybridized carbons (Fsp3) is 0.500. The predicted molar refractivity (Wildman–Crippen MR) is 71.9 cm³/mol. The first kappa shape index (κ1) is 29.3. The summed E-state index contributed by atoms with van der Waals surface area (Å²) in [6.45, 7) is 1.08. The second-order valence-corrected chi connectivity index (χ2v) is 4.54. The maximum Gasteiger partial charge on any atom is 0.466 e. The van der Waals surface area contributed by atoms with E-state index in [1.165, 1.54) is 0 Å². The Morgan fingerprint density at radius 1 is 0.870 bits per heavy atom. The molecule has 0 radical (unpaired) electrons. The zero-order chi connectivity index (χ0) is 18.7. The minimum absolute atomic E-state index is 0. The number of halogens is 1. The Morgan fingerprint density at radius 3 is 1.13 bits per heavy atom. The van der Waals surface area contributed by atoms with Crippen LogP contribution < -0.4 is 0 Å². The number of hydrogen-bond acceptors (Lipinski definition) is 6. The van der Waals surface area contributed by atoms with Crippen LogP contribution in [0.2, 0.25) is 0 Å². The second-order valence-electron chi connectivity index (χ2n) is 3.51. The van der Waals surface area contributed by atoms with Gasteiger partial charge in [0.05, 0.1) is 12.8 Å². The van der Waals surface area contributed by atoms with Gasteiger partial charge in [0.25, 0.3) is 5.97 Å². The molecule has 13 nitrogen and oxygen atoms in total. The highest BCUT2D eigenvalue weighted by atomic mass is 35.5. The lowest BCUT2D eigenvalue weighted by Crippen LogP contribution is -2.42. The SMILES string of the molecule is CC(=O)O.Cl.O=C(O)CC(O)(CC(=O)O)C(=O)O.O=P(O)(O)O. The van der Waals surface area contributed by atoms with Gasteiger partial charge in [0.15, 0.2) is 5.60 Å². The Morgan fingerprint density at radius 2 is 1.04 bits per heavy atom. The van der Waals surface area contributed by atoms with Crippen molar-refractivity contribution in [2.24, 2.45) is 0 Å². The molecule has 0 aliphatic heterocycles. The number of phosphoric acid groups is 1. The minimum Gasteiger partial charge on any atom is -0.481 e. The van der Waals surface area contributed by atoms with Gasteiger partial charge in [0.2, 0.25) is 0 Å². The summed E-state index contributed by atoms with van der Waals surface area (Å²) in [7, 11) is -4.64. The van der Waals surface area contributed by atoms with Crippen LogP contribution in [0.3, 0.4) is 0 Å². The van der Waals surface area contributed by atoms with Crippen molar-refractivity contribution in [3.8, 4) is 0 Å². The summed E-state index contributed by atoms with van der Waals surface area (Å²) < 4.78 is 8.88. The van der Waals surface area contributed by atoms with Gasteiger partial charge in [-0.1, -0.05) is 0 Å². The van der Waals surface area contributed by atoms with Crippen molar-refractivity contribution in [2.75, 3.05) is 0 Å². The number of carboxylic acids is 4. The van der Waals surface area contributed by atoms with Crippen LogP contribution in [0.4, 0.5) is 0 Å². The van der Waals surface area contributed by atoms with Gasteiger partial charge < -0.3 is 40.2 Å². The van der Waals surface area contributed by atoms with E-state index in [9.17, 15) is 14.4 Å². The van der Waals surface area contributed by atoms with Crippen molar-refractivity contribution in [1.82, 2.24) is 0 Å². The van der Waals surface area contributed by atoms with E-state index in [0.717, 1.165) is 6.92 Å². The Bertz CT molecular complexity index is 427. The van der Waals surface area contributed by atoms with E-state index >= 15 is 0 Å². The molecule has 23 heavy (non-hydrogen) atoms. The fourth-order valence-electron chi connectivity index (χ4n) is 0.714. The molecule has 0 spiro atoms. The van der Waals surface area contributed by atoms with Gasteiger partial charge in [-0.15, -0.1) is 12.4 Å². The number of aliphatic carboxylic acids is 4. The number of rotatable bonds is 5. The first-order valence-electron chi connectivity index (χ1n) is 4.88. The van der Waals surface area contributed by atoms with Gasteiger partial charge in [-0.25, -0.2) is 9.36 Å². The molecule has 0 aromatic heterocycles. The molecule has 0 atom stereocenters. The van der Waals surface area contributed by atoms with Gasteiger partial charge in [0.1, 0.15) is 0 Å². The highest BCUT2D eigenvalue weighted by molar-refractivity contribution is 7.45. The molecule has 0 amide bonds. The first-order valence-corrected chi connectivity index (χ1v) is 6.45. The van der Waals surface area contributed by atoms with E-state index in [1.807, 2.05) is 0 Å². The molecule has 0 aliphatic rings. The molecule has 0 heterocycles. The largest absolute Gasteiger partial charge is 0.481 e. The summed E-state index contributed by atoms with van der Waals surface area (Å²) in [6, 6.07) is 0. The smallest absolute Gasteiger partial charge is 0.466 e. The Kier molecular flexibility index (Phi) is 16.2. The van der Waals surface area contributed by atoms with Gasteiger partial charge in [-0.2, -0.15) is 0 Å². The molecule has 0 fully saturated rings. The number of hydrogen-bond donors (Lipinski definition) is 8. The molecule has 15 heteroatoms. The minimum atomic E-state index is -4.64. The molecule has 0 saturated heterocycles. The van der Waals surface area contributed by atoms with E-state index in [1.54, 1.807) is 0 Å². The van der Waals surface area contributed by atoms with Crippen LogP contribution in [-0.4, -0.2) is 69.7 Å². The van der Waals surface area contributed by atoms with E-state index < -0.39 is 50.1 Å². The average Bonchev–Trinajstić information content (AvgIpc) is 2.09. The van der Waals surface area contributed by atoms with Crippen molar-refractivity contribution < 1.29 is 64.0 Å². The number of carboxylic acid groups (broad SMARTS) is 4. The molecule has 0 unspecified atom stereocenters. The summed E-state index contributed by atoms with van der Waals surface area (Å²) in [5.74, 6) is -5.85. The van der Waals surface area contributed by atoms with Crippen LogP contribution >= 0.6 is 20.2 Å². The van der Waals surface area contributed by atoms with Gasteiger partial charge in [-0.3, -0.25) is 14.4 Å². The van der Waals surface area contributed by atoms with Crippen molar-refractivity contribution in [3.63, 3.8) is 0 Å². The van der Waals surface area contributed by atoms with E-state index in [0.29, 0.717) is 0 Å². The lowest BCUT2D eigenvalue weighted by Gasteiger charge is -2.18. The van der Waals surface area contributed by atoms with Crippen LogP contribution in [-0.2, 0) is 23.7 Å². The maximum absolute atomic E-state index is 10.3. The molecule has 0 saturated carbocycles. The van der Waals surface area contributed by atoms with Crippen LogP contribution in [0.5, 0.6) is 0 Å². The highest BCUT2D eigenvalue weighted by Gasteiger charge is 2.40. The predicted octanol–water partition coefficient (Wildman–Crippen LogP) is -1.66. The van der Waals surface area contributed by atoms with E-state index in [2.05, 4.69) is 0 Å². The molecular formula is C8H16ClO13P. The van der Waals surface area contributed by atoms with E-state index in [-0.39, 0.29) is 12.4 Å². The van der Waals surface area contributed by atoms with Gasteiger partial charge in [0, 0.05) is 6.92 Å². The zero-order valence-electron chi connectivity index (χ0n) is 11.4. The third-order valence-corrected chi connectivity index (χ3v) is 1.29. The lowest BCUT2D eigenvalue weighted by molar-refractivity contribution is -0.170. The van der Waals surface area contributed by atoms with Crippen LogP contribution in [0.25, 0.3) is 0 Å². The number of carbonyl (C=O) groups is 4. The molecule has 0 bridgehead atoms. The molecular weight excluding hydrogens is 371 g/mol. The Hall–Kier alpha value is -1.76. The van der Waals surface area contributed by atoms with Crippen LogP contribution in [0.1, 0.15) is 19.8 Å². The van der Waals surface area contributed by atoms with Gasteiger partial charge >= 0.3 is 25.7 Å². The average molecular weight is 387 g/mol. The third kappa shape index (κ3) is 33.2. The Labute approximate surface area is 134 Å². The summed E-state index contributed by atoms with van der Waals surface area (Å²) in [5, 5.41) is 41.2. The van der Waals surface area contributed by atoms with Crippen molar-refractivity contribution in [2.45, 2.75) is 25.4 Å². The Balaban J connectivity index is -0.000000150. The number of aliphatic hydroxyl groups is 1. The quantitative estimate of drug-likeness (QED) is 0.246. The summed E-state index contributed by atoms with van der Waals surface area (Å²) in [6.07, 6.45) is -2.29. The summed E-state index contributed by atoms with van der Waals surface area (Å²) in [5.41, 5.74) is -2.74. The van der Waals surface area contributed by atoms with Crippen molar-refractivity contribution in [1.29, 1.82) is 0 Å². The second kappa shape index (κ2) is 12.8. The fourth-order valence-corrected chi connectivity index (χ4v) is 0.714. The van der Waals surface area contributed by atoms with Gasteiger partial charge in [-0.05, 0) is 0 Å². The standard InChI is InChI=1S/C6H8O7.C2H4O2.ClH.H3O4P/c7-3(8)1-6(13,5(11)12)2-4(9)10;1-2(3)4;;1-5(2,3)4/h13H,1-2H2,(H,7,8)(H,9,10)(H,11,12);1H3,(H,3,4);1H;(H3,1,2,3,4). The van der Waals surface area contributed by atoms with Crippen molar-refractivity contribution in [3.05, 3.63) is 0 Å². The van der Waals surface area contributed by atoms with Crippen LogP contribution in [0.15, 0.2) is 0 Å². The normalized spacial score (nSPS) is 9.78. The molecule has 0 aromatic rings. The summed E-state index contributed by atoms with van der Waals surface area (Å²) >= 11 is 0. The van der Waals surface area contributed by atoms with Crippen LogP contribution in [0, 0.1) is 0 Å².